The van der Waals surface area contributed by atoms with Gasteiger partial charge in [-0.1, -0.05) is 140 Å². The molecule has 10 aromatic rings. The maximum atomic E-state index is 6.70. The molecule has 8 aromatic carbocycles. The van der Waals surface area contributed by atoms with Gasteiger partial charge >= 0.3 is 0 Å². The van der Waals surface area contributed by atoms with E-state index in [1.165, 1.54) is 21.7 Å². The van der Waals surface area contributed by atoms with Crippen LogP contribution in [0.3, 0.4) is 0 Å². The number of hydrogen-bond acceptors (Lipinski definition) is 4. The molecule has 228 valence electrons. The first-order valence-corrected chi connectivity index (χ1v) is 16.4. The number of aromatic nitrogens is 3. The Bertz CT molecular complexity index is 2890. The third-order valence-corrected chi connectivity index (χ3v) is 9.50. The first-order valence-electron chi connectivity index (χ1n) is 16.4. The summed E-state index contributed by atoms with van der Waals surface area (Å²) in [5, 5.41) is 8.89. The van der Waals surface area contributed by atoms with Gasteiger partial charge in [0.05, 0.1) is 0 Å². The second-order valence-corrected chi connectivity index (χ2v) is 12.4. The van der Waals surface area contributed by atoms with Gasteiger partial charge in [0, 0.05) is 32.8 Å². The normalized spacial score (nSPS) is 11.7. The molecule has 2 heterocycles. The lowest BCUT2D eigenvalue weighted by atomic mass is 9.96. The molecule has 2 aromatic heterocycles. The van der Waals surface area contributed by atoms with E-state index in [2.05, 4.69) is 133 Å². The minimum absolute atomic E-state index is 0.622. The summed E-state index contributed by atoms with van der Waals surface area (Å²) in [4.78, 5) is 15.3. The van der Waals surface area contributed by atoms with E-state index in [1.807, 2.05) is 30.3 Å². The fourth-order valence-electron chi connectivity index (χ4n) is 7.10. The van der Waals surface area contributed by atoms with Crippen molar-refractivity contribution in [3.05, 3.63) is 164 Å². The Morgan fingerprint density at radius 3 is 1.84 bits per heavy atom. The van der Waals surface area contributed by atoms with Gasteiger partial charge in [-0.05, 0) is 62.3 Å². The van der Waals surface area contributed by atoms with Crippen LogP contribution in [0.5, 0.6) is 0 Å². The average Bonchev–Trinajstić information content (AvgIpc) is 3.55. The van der Waals surface area contributed by atoms with Crippen LogP contribution in [0.25, 0.3) is 99.5 Å². The van der Waals surface area contributed by atoms with Crippen molar-refractivity contribution >= 4 is 54.3 Å². The van der Waals surface area contributed by atoms with E-state index in [0.717, 1.165) is 60.4 Å². The molecule has 4 heteroatoms. The van der Waals surface area contributed by atoms with Gasteiger partial charge in [0.1, 0.15) is 11.2 Å². The minimum atomic E-state index is 0.622. The SMILES string of the molecule is c1ccc(-c2nc(-c3ccc4ccccc4c3)nc(-c3cc4c5ccc(-c6cccc7ccccc67)cc5oc4c4ccccc34)n2)cc1. The number of hydrogen-bond donors (Lipinski definition) is 0. The highest BCUT2D eigenvalue weighted by molar-refractivity contribution is 6.19. The highest BCUT2D eigenvalue weighted by Crippen LogP contribution is 2.41. The molecule has 0 aliphatic heterocycles. The smallest absolute Gasteiger partial charge is 0.164 e. The van der Waals surface area contributed by atoms with Gasteiger partial charge in [-0.3, -0.25) is 0 Å². The topological polar surface area (TPSA) is 51.8 Å². The molecule has 0 saturated heterocycles. The summed E-state index contributed by atoms with van der Waals surface area (Å²) in [6.07, 6.45) is 0. The summed E-state index contributed by atoms with van der Waals surface area (Å²) >= 11 is 0. The van der Waals surface area contributed by atoms with Crippen molar-refractivity contribution in [1.82, 2.24) is 15.0 Å². The van der Waals surface area contributed by atoms with Crippen LogP contribution in [-0.4, -0.2) is 15.0 Å². The predicted octanol–water partition coefficient (Wildman–Crippen LogP) is 11.9. The highest BCUT2D eigenvalue weighted by atomic mass is 16.3. The molecular formula is C45H27N3O. The van der Waals surface area contributed by atoms with Crippen molar-refractivity contribution in [2.24, 2.45) is 0 Å². The lowest BCUT2D eigenvalue weighted by Gasteiger charge is -2.11. The Kier molecular flexibility index (Phi) is 6.15. The van der Waals surface area contributed by atoms with Gasteiger partial charge in [-0.15, -0.1) is 0 Å². The molecule has 0 N–H and O–H groups in total. The van der Waals surface area contributed by atoms with Gasteiger partial charge in [-0.2, -0.15) is 0 Å². The molecule has 0 atom stereocenters. The Morgan fingerprint density at radius 1 is 0.327 bits per heavy atom. The van der Waals surface area contributed by atoms with Crippen molar-refractivity contribution in [2.45, 2.75) is 0 Å². The molecule has 0 amide bonds. The molecule has 0 fully saturated rings. The molecule has 0 aliphatic rings. The molecule has 0 unspecified atom stereocenters. The van der Waals surface area contributed by atoms with Crippen LogP contribution in [0.15, 0.2) is 168 Å². The Balaban J connectivity index is 1.21. The molecule has 0 radical (unpaired) electrons. The first-order chi connectivity index (χ1) is 24.3. The molecule has 49 heavy (non-hydrogen) atoms. The fraction of sp³-hybridized carbons (Fsp3) is 0. The molecule has 0 aliphatic carbocycles. The zero-order valence-electron chi connectivity index (χ0n) is 26.3. The van der Waals surface area contributed by atoms with E-state index < -0.39 is 0 Å². The minimum Gasteiger partial charge on any atom is -0.455 e. The predicted molar refractivity (Wildman–Crippen MR) is 201 cm³/mol. The summed E-state index contributed by atoms with van der Waals surface area (Å²) in [5.41, 5.74) is 6.83. The Labute approximate surface area is 282 Å². The third kappa shape index (κ3) is 4.57. The summed E-state index contributed by atoms with van der Waals surface area (Å²) in [6, 6.07) is 56.9. The lowest BCUT2D eigenvalue weighted by Crippen LogP contribution is -2.00. The van der Waals surface area contributed by atoms with Crippen molar-refractivity contribution in [2.75, 3.05) is 0 Å². The van der Waals surface area contributed by atoms with Gasteiger partial charge < -0.3 is 4.42 Å². The van der Waals surface area contributed by atoms with Crippen molar-refractivity contribution in [1.29, 1.82) is 0 Å². The molecule has 10 rings (SSSR count). The summed E-state index contributed by atoms with van der Waals surface area (Å²) < 4.78 is 6.70. The molecular weight excluding hydrogens is 599 g/mol. The zero-order valence-corrected chi connectivity index (χ0v) is 26.3. The van der Waals surface area contributed by atoms with Gasteiger partial charge in [0.2, 0.25) is 0 Å². The van der Waals surface area contributed by atoms with Crippen molar-refractivity contribution in [3.63, 3.8) is 0 Å². The standard InChI is InChI=1S/C45H27N3O/c1-2-13-30(14-3-1)43-46-44(33-22-21-28-11-4-5-15-31(28)25-33)48-45(47-43)40-27-39-37-24-23-32(35-20-10-16-29-12-6-7-17-34(29)35)26-41(37)49-42(39)38-19-9-8-18-36(38)40/h1-27H. The summed E-state index contributed by atoms with van der Waals surface area (Å²) in [6.45, 7) is 0. The lowest BCUT2D eigenvalue weighted by molar-refractivity contribution is 0.673. The van der Waals surface area contributed by atoms with E-state index >= 15 is 0 Å². The van der Waals surface area contributed by atoms with Crippen molar-refractivity contribution < 1.29 is 4.42 Å². The highest BCUT2D eigenvalue weighted by Gasteiger charge is 2.19. The van der Waals surface area contributed by atoms with Crippen LogP contribution in [0.2, 0.25) is 0 Å². The maximum Gasteiger partial charge on any atom is 0.164 e. The Morgan fingerprint density at radius 2 is 0.980 bits per heavy atom. The number of rotatable bonds is 4. The van der Waals surface area contributed by atoms with E-state index in [-0.39, 0.29) is 0 Å². The van der Waals surface area contributed by atoms with Crippen molar-refractivity contribution in [3.8, 4) is 45.3 Å². The van der Waals surface area contributed by atoms with E-state index in [4.69, 9.17) is 19.4 Å². The van der Waals surface area contributed by atoms with Crippen LogP contribution >= 0.6 is 0 Å². The summed E-state index contributed by atoms with van der Waals surface area (Å²) in [7, 11) is 0. The number of benzene rings is 8. The van der Waals surface area contributed by atoms with Gasteiger partial charge in [0.15, 0.2) is 17.5 Å². The van der Waals surface area contributed by atoms with E-state index in [0.29, 0.717) is 17.5 Å². The molecule has 0 spiro atoms. The maximum absolute atomic E-state index is 6.70. The van der Waals surface area contributed by atoms with Gasteiger partial charge in [-0.25, -0.2) is 15.0 Å². The number of nitrogens with zero attached hydrogens (tertiary/aromatic N) is 3. The first kappa shape index (κ1) is 27.5. The molecule has 0 saturated carbocycles. The van der Waals surface area contributed by atoms with Crippen LogP contribution in [0, 0.1) is 0 Å². The number of furan rings is 1. The third-order valence-electron chi connectivity index (χ3n) is 9.50. The fourth-order valence-corrected chi connectivity index (χ4v) is 7.10. The molecule has 4 nitrogen and oxygen atoms in total. The zero-order chi connectivity index (χ0) is 32.3. The quantitative estimate of drug-likeness (QED) is 0.195. The Hall–Kier alpha value is -6.65. The molecule has 0 bridgehead atoms. The van der Waals surface area contributed by atoms with Gasteiger partial charge in [0.25, 0.3) is 0 Å². The van der Waals surface area contributed by atoms with Crippen LogP contribution < -0.4 is 0 Å². The monoisotopic (exact) mass is 625 g/mol. The van der Waals surface area contributed by atoms with E-state index in [9.17, 15) is 0 Å². The van der Waals surface area contributed by atoms with Crippen LogP contribution in [-0.2, 0) is 0 Å². The average molecular weight is 626 g/mol. The van der Waals surface area contributed by atoms with Crippen LogP contribution in [0.1, 0.15) is 0 Å². The van der Waals surface area contributed by atoms with Crippen LogP contribution in [0.4, 0.5) is 0 Å². The van der Waals surface area contributed by atoms with E-state index in [1.54, 1.807) is 0 Å². The summed E-state index contributed by atoms with van der Waals surface area (Å²) in [5.74, 6) is 1.89. The number of fused-ring (bicyclic) bond motifs is 7. The second-order valence-electron chi connectivity index (χ2n) is 12.4. The largest absolute Gasteiger partial charge is 0.455 e. The second kappa shape index (κ2) is 11.0.